The molecular formula is C27H31N5O2. The molecule has 3 heterocycles. The molecule has 0 saturated carbocycles. The van der Waals surface area contributed by atoms with E-state index < -0.39 is 6.10 Å². The lowest BCUT2D eigenvalue weighted by molar-refractivity contribution is 0.0802. The van der Waals surface area contributed by atoms with E-state index in [1.165, 1.54) is 0 Å². The first-order valence-corrected chi connectivity index (χ1v) is 11.8. The van der Waals surface area contributed by atoms with Gasteiger partial charge in [-0.1, -0.05) is 38.5 Å². The Morgan fingerprint density at radius 3 is 2.74 bits per heavy atom. The minimum atomic E-state index is -0.568. The second kappa shape index (κ2) is 10.6. The number of carbonyl (C=O) groups excluding carboxylic acids is 1. The Kier molecular flexibility index (Phi) is 7.33. The Morgan fingerprint density at radius 2 is 2.00 bits per heavy atom. The fourth-order valence-corrected chi connectivity index (χ4v) is 4.24. The van der Waals surface area contributed by atoms with Crippen LogP contribution in [0.2, 0.25) is 0 Å². The largest absolute Gasteiger partial charge is 0.391 e. The number of amides is 1. The van der Waals surface area contributed by atoms with Crippen molar-refractivity contribution in [2.45, 2.75) is 51.7 Å². The zero-order valence-electron chi connectivity index (χ0n) is 19.9. The van der Waals surface area contributed by atoms with Gasteiger partial charge in [0.25, 0.3) is 5.91 Å². The quantitative estimate of drug-likeness (QED) is 0.391. The molecule has 7 heteroatoms. The van der Waals surface area contributed by atoms with Gasteiger partial charge in [0.2, 0.25) is 0 Å². The Bertz CT molecular complexity index is 1280. The highest BCUT2D eigenvalue weighted by Gasteiger charge is 2.21. The third kappa shape index (κ3) is 5.31. The Morgan fingerprint density at radius 1 is 1.18 bits per heavy atom. The van der Waals surface area contributed by atoms with Crippen LogP contribution in [-0.2, 0) is 13.5 Å². The van der Waals surface area contributed by atoms with Crippen LogP contribution in [0.15, 0.2) is 61.1 Å². The number of aliphatic hydroxyl groups excluding tert-OH is 1. The number of nitrogens with zero attached hydrogens (tertiary/aromatic N) is 4. The van der Waals surface area contributed by atoms with Crippen molar-refractivity contribution < 1.29 is 9.90 Å². The van der Waals surface area contributed by atoms with E-state index in [2.05, 4.69) is 26.4 Å². The second-order valence-corrected chi connectivity index (χ2v) is 8.66. The number of aliphatic hydroxyl groups is 1. The summed E-state index contributed by atoms with van der Waals surface area (Å²) in [6.07, 6.45) is 7.77. The van der Waals surface area contributed by atoms with E-state index in [9.17, 15) is 9.90 Å². The average Bonchev–Trinajstić information content (AvgIpc) is 3.29. The number of para-hydroxylation sites is 1. The molecule has 7 nitrogen and oxygen atoms in total. The molecule has 0 fully saturated rings. The Labute approximate surface area is 199 Å². The summed E-state index contributed by atoms with van der Waals surface area (Å²) in [5.41, 5.74) is 5.05. The first kappa shape index (κ1) is 23.6. The molecule has 3 aromatic heterocycles. The molecule has 34 heavy (non-hydrogen) atoms. The molecule has 4 aromatic rings. The van der Waals surface area contributed by atoms with E-state index >= 15 is 0 Å². The zero-order chi connectivity index (χ0) is 24.1. The molecule has 176 valence electrons. The maximum absolute atomic E-state index is 13.1. The third-order valence-electron chi connectivity index (χ3n) is 6.06. The van der Waals surface area contributed by atoms with Crippen molar-refractivity contribution in [3.8, 4) is 11.3 Å². The summed E-state index contributed by atoms with van der Waals surface area (Å²) in [6, 6.07) is 13.5. The van der Waals surface area contributed by atoms with E-state index in [-0.39, 0.29) is 11.9 Å². The molecular weight excluding hydrogens is 426 g/mol. The summed E-state index contributed by atoms with van der Waals surface area (Å²) >= 11 is 0. The van der Waals surface area contributed by atoms with Crippen molar-refractivity contribution in [3.63, 3.8) is 0 Å². The minimum Gasteiger partial charge on any atom is -0.391 e. The fraction of sp³-hybridized carbons (Fsp3) is 0.333. The lowest BCUT2D eigenvalue weighted by Gasteiger charge is -2.22. The van der Waals surface area contributed by atoms with Gasteiger partial charge < -0.3 is 10.4 Å². The van der Waals surface area contributed by atoms with Crippen molar-refractivity contribution in [2.24, 2.45) is 7.05 Å². The molecule has 2 N–H and O–H groups in total. The molecule has 1 aromatic carbocycles. The molecule has 0 bridgehead atoms. The topological polar surface area (TPSA) is 92.9 Å². The van der Waals surface area contributed by atoms with Gasteiger partial charge in [-0.25, -0.2) is 4.98 Å². The summed E-state index contributed by atoms with van der Waals surface area (Å²) in [5.74, 6) is -0.264. The van der Waals surface area contributed by atoms with Gasteiger partial charge in [0, 0.05) is 30.4 Å². The van der Waals surface area contributed by atoms with Crippen LogP contribution >= 0.6 is 0 Å². The highest BCUT2D eigenvalue weighted by molar-refractivity contribution is 5.96. The van der Waals surface area contributed by atoms with Crippen molar-refractivity contribution in [2.75, 3.05) is 0 Å². The number of hydrogen-bond donors (Lipinski definition) is 2. The van der Waals surface area contributed by atoms with E-state index in [0.717, 1.165) is 39.7 Å². The van der Waals surface area contributed by atoms with E-state index in [4.69, 9.17) is 0 Å². The highest BCUT2D eigenvalue weighted by Crippen LogP contribution is 2.24. The van der Waals surface area contributed by atoms with Crippen molar-refractivity contribution >= 4 is 16.8 Å². The molecule has 1 amide bonds. The molecule has 0 unspecified atom stereocenters. The van der Waals surface area contributed by atoms with E-state index in [0.29, 0.717) is 25.0 Å². The fourth-order valence-electron chi connectivity index (χ4n) is 4.24. The van der Waals surface area contributed by atoms with E-state index in [1.807, 2.05) is 63.5 Å². The highest BCUT2D eigenvalue weighted by atomic mass is 16.3. The molecule has 0 aliphatic carbocycles. The number of benzene rings is 1. The average molecular weight is 458 g/mol. The molecule has 0 saturated heterocycles. The van der Waals surface area contributed by atoms with Gasteiger partial charge in [0.05, 0.1) is 29.6 Å². The summed E-state index contributed by atoms with van der Waals surface area (Å²) in [5, 5.41) is 18.6. The maximum atomic E-state index is 13.1. The van der Waals surface area contributed by atoms with Crippen LogP contribution in [0.1, 0.15) is 54.7 Å². The summed E-state index contributed by atoms with van der Waals surface area (Å²) < 4.78 is 1.76. The number of aryl methyl sites for hydroxylation is 1. The lowest BCUT2D eigenvalue weighted by Crippen LogP contribution is -2.43. The summed E-state index contributed by atoms with van der Waals surface area (Å²) in [4.78, 5) is 22.2. The second-order valence-electron chi connectivity index (χ2n) is 8.66. The van der Waals surface area contributed by atoms with Crippen LogP contribution in [0.3, 0.4) is 0 Å². The number of aromatic nitrogens is 4. The monoisotopic (exact) mass is 457 g/mol. The normalized spacial score (nSPS) is 13.1. The van der Waals surface area contributed by atoms with Crippen LogP contribution in [-0.4, -0.2) is 42.9 Å². The number of pyridine rings is 2. The Balaban J connectivity index is 1.65. The zero-order valence-corrected chi connectivity index (χ0v) is 19.9. The van der Waals surface area contributed by atoms with Gasteiger partial charge in [-0.05, 0) is 54.7 Å². The van der Waals surface area contributed by atoms with Gasteiger partial charge >= 0.3 is 0 Å². The van der Waals surface area contributed by atoms with Crippen LogP contribution in [0.4, 0.5) is 0 Å². The number of nitrogens with one attached hydrogen (secondary N) is 1. The van der Waals surface area contributed by atoms with Gasteiger partial charge in [-0.2, -0.15) is 5.10 Å². The molecule has 0 radical (unpaired) electrons. The maximum Gasteiger partial charge on any atom is 0.270 e. The van der Waals surface area contributed by atoms with Crippen molar-refractivity contribution in [1.29, 1.82) is 0 Å². The van der Waals surface area contributed by atoms with Crippen LogP contribution in [0, 0.1) is 0 Å². The SMILES string of the molecule is CCC[C@H](O)[C@H](CC)NC(=O)c1cc(Cc2ccnc(-c3cnn(C)c3)c2)c2ccccc2n1. The van der Waals surface area contributed by atoms with Gasteiger partial charge in [-0.3, -0.25) is 14.5 Å². The smallest absolute Gasteiger partial charge is 0.270 e. The predicted molar refractivity (Wildman–Crippen MR) is 133 cm³/mol. The Hall–Kier alpha value is -3.58. The van der Waals surface area contributed by atoms with Crippen LogP contribution in [0.25, 0.3) is 22.2 Å². The number of rotatable bonds is 9. The lowest BCUT2D eigenvalue weighted by atomic mass is 9.99. The first-order chi connectivity index (χ1) is 16.5. The van der Waals surface area contributed by atoms with Crippen molar-refractivity contribution in [3.05, 3.63) is 77.9 Å². The predicted octanol–water partition coefficient (Wildman–Crippen LogP) is 4.29. The molecule has 0 spiro atoms. The van der Waals surface area contributed by atoms with Crippen LogP contribution < -0.4 is 5.32 Å². The minimum absolute atomic E-state index is 0.264. The third-order valence-corrected chi connectivity index (χ3v) is 6.06. The molecule has 2 atom stereocenters. The molecule has 4 rings (SSSR count). The summed E-state index contributed by atoms with van der Waals surface area (Å²) in [7, 11) is 1.88. The molecule has 0 aliphatic heterocycles. The number of fused-ring (bicyclic) bond motifs is 1. The van der Waals surface area contributed by atoms with Crippen molar-refractivity contribution in [1.82, 2.24) is 25.1 Å². The summed E-state index contributed by atoms with van der Waals surface area (Å²) in [6.45, 7) is 3.99. The van der Waals surface area contributed by atoms with E-state index in [1.54, 1.807) is 17.1 Å². The van der Waals surface area contributed by atoms with Crippen LogP contribution in [0.5, 0.6) is 0 Å². The van der Waals surface area contributed by atoms with Gasteiger partial charge in [0.15, 0.2) is 0 Å². The standard InChI is InChI=1S/C27H31N5O2/c1-4-8-26(33)22(5-2)31-27(34)25-15-19(21-9-6-7-10-23(21)30-25)13-18-11-12-28-24(14-18)20-16-29-32(3)17-20/h6-7,9-12,14-17,22,26,33H,4-5,8,13H2,1-3H3,(H,31,34)/t22-,26-/m0/s1. The molecule has 0 aliphatic rings. The first-order valence-electron chi connectivity index (χ1n) is 11.8. The van der Waals surface area contributed by atoms with Gasteiger partial charge in [0.1, 0.15) is 5.69 Å². The van der Waals surface area contributed by atoms with Gasteiger partial charge in [-0.15, -0.1) is 0 Å². The number of hydrogen-bond acceptors (Lipinski definition) is 5. The number of carbonyl (C=O) groups is 1.